The Labute approximate surface area is 187 Å². The normalized spacial score (nSPS) is 13.6. The van der Waals surface area contributed by atoms with Gasteiger partial charge in [0.2, 0.25) is 5.91 Å². The standard InChI is InChI=1S/C25H25ClN2O3/c1-25(2,3)24(30)27-18-10-8-16(9-11-18)22-14-17-15-28(13-12-21(17)31-22)23(29)19-6-4-5-7-20(19)26/h4-11,14H,12-13,15H2,1-3H3,(H,27,30). The minimum absolute atomic E-state index is 0.0306. The zero-order valence-corrected chi connectivity index (χ0v) is 18.6. The summed E-state index contributed by atoms with van der Waals surface area (Å²) in [5, 5.41) is 3.39. The van der Waals surface area contributed by atoms with E-state index in [4.69, 9.17) is 16.0 Å². The van der Waals surface area contributed by atoms with Gasteiger partial charge in [0.05, 0.1) is 10.6 Å². The second-order valence-electron chi connectivity index (χ2n) is 8.80. The summed E-state index contributed by atoms with van der Waals surface area (Å²) >= 11 is 6.20. The zero-order chi connectivity index (χ0) is 22.2. The number of amides is 2. The van der Waals surface area contributed by atoms with E-state index < -0.39 is 5.41 Å². The molecule has 5 nitrogen and oxygen atoms in total. The highest BCUT2D eigenvalue weighted by atomic mass is 35.5. The molecule has 2 aromatic carbocycles. The van der Waals surface area contributed by atoms with E-state index in [9.17, 15) is 9.59 Å². The van der Waals surface area contributed by atoms with Gasteiger partial charge in [0, 0.05) is 41.7 Å². The van der Waals surface area contributed by atoms with E-state index >= 15 is 0 Å². The minimum Gasteiger partial charge on any atom is -0.461 e. The smallest absolute Gasteiger partial charge is 0.255 e. The molecule has 4 rings (SSSR count). The van der Waals surface area contributed by atoms with E-state index in [0.717, 1.165) is 28.3 Å². The Morgan fingerprint density at radius 1 is 1.06 bits per heavy atom. The van der Waals surface area contributed by atoms with Gasteiger partial charge in [0.15, 0.2) is 0 Å². The fraction of sp³-hybridized carbons (Fsp3) is 0.280. The number of hydrogen-bond donors (Lipinski definition) is 1. The highest BCUT2D eigenvalue weighted by Crippen LogP contribution is 2.31. The summed E-state index contributed by atoms with van der Waals surface area (Å²) in [4.78, 5) is 26.8. The molecule has 0 unspecified atom stereocenters. The maximum absolute atomic E-state index is 12.9. The van der Waals surface area contributed by atoms with Crippen LogP contribution in [0, 0.1) is 5.41 Å². The van der Waals surface area contributed by atoms with Crippen LogP contribution in [0.1, 0.15) is 42.5 Å². The van der Waals surface area contributed by atoms with E-state index in [1.54, 1.807) is 17.0 Å². The third kappa shape index (κ3) is 4.52. The minimum atomic E-state index is -0.452. The van der Waals surface area contributed by atoms with Gasteiger partial charge >= 0.3 is 0 Å². The third-order valence-corrected chi connectivity index (χ3v) is 5.70. The Kier molecular flexibility index (Phi) is 5.63. The second kappa shape index (κ2) is 8.23. The molecule has 0 spiro atoms. The molecule has 0 bridgehead atoms. The summed E-state index contributed by atoms with van der Waals surface area (Å²) in [5.74, 6) is 1.56. The first-order chi connectivity index (χ1) is 14.7. The molecule has 1 aliphatic rings. The van der Waals surface area contributed by atoms with Gasteiger partial charge in [-0.15, -0.1) is 0 Å². The van der Waals surface area contributed by atoms with Crippen LogP contribution in [0.3, 0.4) is 0 Å². The molecule has 3 aromatic rings. The fourth-order valence-corrected chi connectivity index (χ4v) is 3.71. The zero-order valence-electron chi connectivity index (χ0n) is 17.9. The molecule has 31 heavy (non-hydrogen) atoms. The van der Waals surface area contributed by atoms with Crippen molar-refractivity contribution in [2.24, 2.45) is 5.41 Å². The van der Waals surface area contributed by atoms with Crippen molar-refractivity contribution in [1.29, 1.82) is 0 Å². The molecule has 1 aromatic heterocycles. The highest BCUT2D eigenvalue weighted by molar-refractivity contribution is 6.33. The van der Waals surface area contributed by atoms with E-state index in [0.29, 0.717) is 30.1 Å². The van der Waals surface area contributed by atoms with Gasteiger partial charge in [-0.2, -0.15) is 0 Å². The second-order valence-corrected chi connectivity index (χ2v) is 9.20. The van der Waals surface area contributed by atoms with E-state index in [-0.39, 0.29) is 11.8 Å². The molecule has 6 heteroatoms. The largest absolute Gasteiger partial charge is 0.461 e. The van der Waals surface area contributed by atoms with Crippen molar-refractivity contribution in [3.8, 4) is 11.3 Å². The summed E-state index contributed by atoms with van der Waals surface area (Å²) in [7, 11) is 0. The molecule has 0 atom stereocenters. The summed E-state index contributed by atoms with van der Waals surface area (Å²) in [6, 6.07) is 16.7. The average Bonchev–Trinajstić information content (AvgIpc) is 3.17. The summed E-state index contributed by atoms with van der Waals surface area (Å²) in [6.07, 6.45) is 0.658. The number of anilines is 1. The summed E-state index contributed by atoms with van der Waals surface area (Å²) in [5.41, 5.74) is 2.74. The van der Waals surface area contributed by atoms with Crippen LogP contribution in [-0.2, 0) is 17.8 Å². The monoisotopic (exact) mass is 436 g/mol. The quantitative estimate of drug-likeness (QED) is 0.565. The van der Waals surface area contributed by atoms with Crippen molar-refractivity contribution >= 4 is 29.1 Å². The van der Waals surface area contributed by atoms with Crippen LogP contribution in [-0.4, -0.2) is 23.3 Å². The van der Waals surface area contributed by atoms with Gasteiger partial charge in [-0.05, 0) is 42.5 Å². The van der Waals surface area contributed by atoms with Crippen LogP contribution in [0.4, 0.5) is 5.69 Å². The molecular formula is C25H25ClN2O3. The first kappa shape index (κ1) is 21.2. The van der Waals surface area contributed by atoms with Crippen molar-refractivity contribution in [2.45, 2.75) is 33.7 Å². The molecule has 2 heterocycles. The molecule has 0 aliphatic carbocycles. The number of carbonyl (C=O) groups excluding carboxylic acids is 2. The Morgan fingerprint density at radius 3 is 2.45 bits per heavy atom. The molecule has 0 radical (unpaired) electrons. The molecule has 0 saturated heterocycles. The highest BCUT2D eigenvalue weighted by Gasteiger charge is 2.26. The van der Waals surface area contributed by atoms with Gasteiger partial charge in [-0.3, -0.25) is 9.59 Å². The molecule has 0 fully saturated rings. The number of furan rings is 1. The molecule has 0 saturated carbocycles. The predicted molar refractivity (Wildman–Crippen MR) is 122 cm³/mol. The molecule has 1 N–H and O–H groups in total. The van der Waals surface area contributed by atoms with Gasteiger partial charge in [0.1, 0.15) is 11.5 Å². The van der Waals surface area contributed by atoms with Crippen molar-refractivity contribution < 1.29 is 14.0 Å². The van der Waals surface area contributed by atoms with Crippen LogP contribution in [0.25, 0.3) is 11.3 Å². The molecule has 1 aliphatic heterocycles. The van der Waals surface area contributed by atoms with Gasteiger partial charge in [-0.25, -0.2) is 0 Å². The Morgan fingerprint density at radius 2 is 1.77 bits per heavy atom. The van der Waals surface area contributed by atoms with Crippen molar-refractivity contribution in [3.05, 3.63) is 76.5 Å². The van der Waals surface area contributed by atoms with Crippen molar-refractivity contribution in [1.82, 2.24) is 4.90 Å². The van der Waals surface area contributed by atoms with Crippen molar-refractivity contribution in [2.75, 3.05) is 11.9 Å². The average molecular weight is 437 g/mol. The first-order valence-corrected chi connectivity index (χ1v) is 10.7. The SMILES string of the molecule is CC(C)(C)C(=O)Nc1ccc(-c2cc3c(o2)CCN(C(=O)c2ccccc2Cl)C3)cc1. The number of nitrogens with one attached hydrogen (secondary N) is 1. The molecule has 2 amide bonds. The maximum Gasteiger partial charge on any atom is 0.255 e. The van der Waals surface area contributed by atoms with Crippen LogP contribution in [0.2, 0.25) is 5.02 Å². The summed E-state index contributed by atoms with van der Waals surface area (Å²) in [6.45, 7) is 6.71. The van der Waals surface area contributed by atoms with Crippen LogP contribution >= 0.6 is 11.6 Å². The van der Waals surface area contributed by atoms with E-state index in [1.807, 2.05) is 63.2 Å². The molecule has 160 valence electrons. The Hall–Kier alpha value is -3.05. The molecular weight excluding hydrogens is 412 g/mol. The lowest BCUT2D eigenvalue weighted by atomic mass is 9.95. The van der Waals surface area contributed by atoms with Gasteiger partial charge in [0.25, 0.3) is 5.91 Å². The lowest BCUT2D eigenvalue weighted by molar-refractivity contribution is -0.123. The number of halogens is 1. The fourth-order valence-electron chi connectivity index (χ4n) is 3.49. The van der Waals surface area contributed by atoms with Gasteiger partial charge < -0.3 is 14.6 Å². The number of carbonyl (C=O) groups is 2. The maximum atomic E-state index is 12.9. The van der Waals surface area contributed by atoms with Crippen molar-refractivity contribution in [3.63, 3.8) is 0 Å². The lowest BCUT2D eigenvalue weighted by Crippen LogP contribution is -2.35. The number of hydrogen-bond acceptors (Lipinski definition) is 3. The number of rotatable bonds is 3. The van der Waals surface area contributed by atoms with Crippen LogP contribution < -0.4 is 5.32 Å². The topological polar surface area (TPSA) is 62.6 Å². The first-order valence-electron chi connectivity index (χ1n) is 10.3. The predicted octanol–water partition coefficient (Wildman–Crippen LogP) is 5.78. The lowest BCUT2D eigenvalue weighted by Gasteiger charge is -2.26. The Balaban J connectivity index is 1.49. The van der Waals surface area contributed by atoms with Gasteiger partial charge in [-0.1, -0.05) is 44.5 Å². The Bertz CT molecular complexity index is 1130. The number of nitrogens with zero attached hydrogens (tertiary/aromatic N) is 1. The van der Waals surface area contributed by atoms with Crippen LogP contribution in [0.5, 0.6) is 0 Å². The van der Waals surface area contributed by atoms with E-state index in [1.165, 1.54) is 0 Å². The summed E-state index contributed by atoms with van der Waals surface area (Å²) < 4.78 is 6.07. The third-order valence-electron chi connectivity index (χ3n) is 5.37. The number of fused-ring (bicyclic) bond motifs is 1. The van der Waals surface area contributed by atoms with E-state index in [2.05, 4.69) is 5.32 Å². The van der Waals surface area contributed by atoms with Crippen LogP contribution in [0.15, 0.2) is 59.0 Å². The number of benzene rings is 2.